The van der Waals surface area contributed by atoms with Gasteiger partial charge in [-0.3, -0.25) is 27.6 Å². The third-order valence-corrected chi connectivity index (χ3v) is 17.1. The fraction of sp³-hybridized carbons (Fsp3) is 0.972. The molecular formula is C36H76NO16P3S2. The van der Waals surface area contributed by atoms with Crippen molar-refractivity contribution in [1.29, 1.82) is 0 Å². The van der Waals surface area contributed by atoms with Crippen molar-refractivity contribution in [1.82, 2.24) is 4.90 Å². The average Bonchev–Trinajstić information content (AvgIpc) is 3.08. The summed E-state index contributed by atoms with van der Waals surface area (Å²) >= 11 is 0. The Hall–Kier alpha value is -0.260. The Labute approximate surface area is 348 Å². The Balaban J connectivity index is 5.67. The first-order valence-corrected chi connectivity index (χ1v) is 29.4. The van der Waals surface area contributed by atoms with E-state index in [0.717, 1.165) is 57.8 Å². The van der Waals surface area contributed by atoms with Crippen LogP contribution in [0.1, 0.15) is 181 Å². The van der Waals surface area contributed by atoms with Gasteiger partial charge in [0.25, 0.3) is 20.2 Å². The zero-order valence-electron chi connectivity index (χ0n) is 34.8. The van der Waals surface area contributed by atoms with Gasteiger partial charge in [0.15, 0.2) is 5.25 Å². The van der Waals surface area contributed by atoms with E-state index in [9.17, 15) is 73.8 Å². The molecule has 0 saturated heterocycles. The van der Waals surface area contributed by atoms with Crippen LogP contribution in [0.3, 0.4) is 0 Å². The Morgan fingerprint density at radius 2 is 0.879 bits per heavy atom. The van der Waals surface area contributed by atoms with Gasteiger partial charge in [0.1, 0.15) is 5.25 Å². The minimum absolute atomic E-state index is 0.0319. The molecule has 0 aliphatic rings. The first kappa shape index (κ1) is 57.7. The average molecular weight is 936 g/mol. The Morgan fingerprint density at radius 1 is 0.517 bits per heavy atom. The van der Waals surface area contributed by atoms with Crippen LogP contribution in [0.4, 0.5) is 0 Å². The van der Waals surface area contributed by atoms with Crippen molar-refractivity contribution >= 4 is 48.9 Å². The molecule has 0 aromatic rings. The molecule has 0 heterocycles. The second-order valence-corrected chi connectivity index (χ2v) is 24.6. The van der Waals surface area contributed by atoms with E-state index >= 15 is 0 Å². The molecule has 0 radical (unpaired) electrons. The minimum Gasteiger partial charge on any atom is -0.339 e. The number of carbonyl (C=O) groups excluding carboxylic acids is 1. The van der Waals surface area contributed by atoms with Crippen LogP contribution in [0.15, 0.2) is 0 Å². The number of rotatable bonds is 38. The summed E-state index contributed by atoms with van der Waals surface area (Å²) in [5.74, 6) is -1.42. The van der Waals surface area contributed by atoms with E-state index in [0.29, 0.717) is 56.3 Å². The quantitative estimate of drug-likeness (QED) is 0.0166. The van der Waals surface area contributed by atoms with Crippen molar-refractivity contribution in [3.63, 3.8) is 0 Å². The van der Waals surface area contributed by atoms with Crippen LogP contribution < -0.4 is 0 Å². The van der Waals surface area contributed by atoms with Crippen LogP contribution in [0, 0.1) is 0 Å². The molecule has 0 fully saturated rings. The van der Waals surface area contributed by atoms with E-state index in [4.69, 9.17) is 0 Å². The number of hydrogen-bond acceptors (Lipinski definition) is 8. The molecule has 0 aliphatic carbocycles. The van der Waals surface area contributed by atoms with Gasteiger partial charge in [-0.2, -0.15) is 16.8 Å². The lowest BCUT2D eigenvalue weighted by Crippen LogP contribution is -2.51. The normalized spacial score (nSPS) is 15.3. The Bertz CT molecular complexity index is 1480. The number of unbranched alkanes of at least 4 members (excludes halogenated alkanes) is 19. The SMILES string of the molecule is CCCCCCCCCCCCCCC(C(=O)N(CCP(=O)(O)O)CC(C(CCCCCCCC(CCCCCCC)P(=O)(O)O)P(=O)(O)O)S(=O)(=O)O)S(=O)(=O)O. The van der Waals surface area contributed by atoms with Crippen LogP contribution in [0.25, 0.3) is 0 Å². The molecule has 4 atom stereocenters. The molecular weight excluding hydrogens is 859 g/mol. The molecule has 17 nitrogen and oxygen atoms in total. The van der Waals surface area contributed by atoms with Crippen LogP contribution in [0.2, 0.25) is 0 Å². The summed E-state index contributed by atoms with van der Waals surface area (Å²) in [6.45, 7) is 2.06. The molecule has 22 heteroatoms. The predicted molar refractivity (Wildman–Crippen MR) is 227 cm³/mol. The molecule has 0 saturated carbocycles. The molecule has 348 valence electrons. The third kappa shape index (κ3) is 28.4. The highest BCUT2D eigenvalue weighted by molar-refractivity contribution is 7.87. The van der Waals surface area contributed by atoms with Crippen LogP contribution >= 0.6 is 22.8 Å². The van der Waals surface area contributed by atoms with E-state index in [1.54, 1.807) is 0 Å². The first-order chi connectivity index (χ1) is 26.9. The summed E-state index contributed by atoms with van der Waals surface area (Å²) in [7, 11) is -25.1. The highest BCUT2D eigenvalue weighted by atomic mass is 32.2. The van der Waals surface area contributed by atoms with Gasteiger partial charge in [-0.15, -0.1) is 0 Å². The lowest BCUT2D eigenvalue weighted by molar-refractivity contribution is -0.130. The lowest BCUT2D eigenvalue weighted by atomic mass is 10.0. The van der Waals surface area contributed by atoms with E-state index in [-0.39, 0.29) is 19.3 Å². The monoisotopic (exact) mass is 935 g/mol. The van der Waals surface area contributed by atoms with Crippen molar-refractivity contribution in [2.75, 3.05) is 19.3 Å². The predicted octanol–water partition coefficient (Wildman–Crippen LogP) is 7.78. The summed E-state index contributed by atoms with van der Waals surface area (Å²) in [5.41, 5.74) is -2.87. The van der Waals surface area contributed by atoms with E-state index < -0.39 is 103 Å². The van der Waals surface area contributed by atoms with Gasteiger partial charge in [-0.1, -0.05) is 155 Å². The van der Waals surface area contributed by atoms with Crippen molar-refractivity contribution < 1.29 is 73.8 Å². The van der Waals surface area contributed by atoms with Crippen molar-refractivity contribution in [3.8, 4) is 0 Å². The molecule has 0 aromatic heterocycles. The zero-order chi connectivity index (χ0) is 44.5. The smallest absolute Gasteiger partial charge is 0.330 e. The number of amides is 1. The topological polar surface area (TPSA) is 302 Å². The molecule has 0 aromatic carbocycles. The summed E-state index contributed by atoms with van der Waals surface area (Å²) < 4.78 is 107. The highest BCUT2D eigenvalue weighted by Crippen LogP contribution is 2.48. The molecule has 8 N–H and O–H groups in total. The van der Waals surface area contributed by atoms with E-state index in [2.05, 4.69) is 13.8 Å². The Kier molecular flexibility index (Phi) is 29.8. The summed E-state index contributed by atoms with van der Waals surface area (Å²) in [6, 6.07) is 0. The van der Waals surface area contributed by atoms with Gasteiger partial charge < -0.3 is 34.3 Å². The van der Waals surface area contributed by atoms with Gasteiger partial charge in [0.2, 0.25) is 5.91 Å². The first-order valence-electron chi connectivity index (χ1n) is 21.2. The maximum Gasteiger partial charge on any atom is 0.330 e. The number of hydrogen-bond donors (Lipinski definition) is 8. The van der Waals surface area contributed by atoms with Crippen molar-refractivity contribution in [2.45, 2.75) is 203 Å². The minimum atomic E-state index is -5.39. The molecule has 0 rings (SSSR count). The fourth-order valence-corrected chi connectivity index (χ4v) is 12.5. The van der Waals surface area contributed by atoms with Gasteiger partial charge in [0.05, 0.1) is 17.5 Å². The third-order valence-electron chi connectivity index (χ3n) is 10.7. The van der Waals surface area contributed by atoms with Gasteiger partial charge in [0, 0.05) is 13.1 Å². The van der Waals surface area contributed by atoms with Crippen molar-refractivity contribution in [2.24, 2.45) is 0 Å². The Morgan fingerprint density at radius 3 is 1.21 bits per heavy atom. The van der Waals surface area contributed by atoms with E-state index in [1.807, 2.05) is 0 Å². The van der Waals surface area contributed by atoms with Gasteiger partial charge in [-0.25, -0.2) is 0 Å². The highest BCUT2D eigenvalue weighted by Gasteiger charge is 2.45. The molecule has 0 spiro atoms. The maximum atomic E-state index is 13.7. The summed E-state index contributed by atoms with van der Waals surface area (Å²) in [4.78, 5) is 73.2. The zero-order valence-corrected chi connectivity index (χ0v) is 39.1. The molecule has 0 aliphatic heterocycles. The van der Waals surface area contributed by atoms with Crippen LogP contribution in [0.5, 0.6) is 0 Å². The standard InChI is InChI=1S/C36H76NO16P3S2/c1-3-5-7-9-10-11-12-13-14-15-20-24-28-34(57(48,49)50)36(38)37(29-30-54(39,40)41)31-35(58(51,52)53)33(56(45,46)47)27-23-19-16-18-22-26-32(55(42,43)44)25-21-17-8-6-4-2/h32-35H,3-31H2,1-2H3,(H2,39,40,41)(H2,42,43,44)(H2,45,46,47)(H,48,49,50)(H,51,52,53). The van der Waals surface area contributed by atoms with E-state index in [1.165, 1.54) is 25.7 Å². The molecule has 58 heavy (non-hydrogen) atoms. The summed E-state index contributed by atoms with van der Waals surface area (Å²) in [6.07, 6.45) is 16.6. The molecule has 1 amide bonds. The van der Waals surface area contributed by atoms with Crippen LogP contribution in [-0.2, 0) is 38.7 Å². The van der Waals surface area contributed by atoms with Crippen LogP contribution in [-0.4, -0.2) is 107 Å². The van der Waals surface area contributed by atoms with Gasteiger partial charge >= 0.3 is 22.8 Å². The van der Waals surface area contributed by atoms with Crippen molar-refractivity contribution in [3.05, 3.63) is 0 Å². The molecule has 0 bridgehead atoms. The largest absolute Gasteiger partial charge is 0.339 e. The fourth-order valence-electron chi connectivity index (χ4n) is 7.25. The maximum absolute atomic E-state index is 13.7. The second kappa shape index (κ2) is 29.9. The summed E-state index contributed by atoms with van der Waals surface area (Å²) in [5, 5.41) is -4.54. The number of nitrogens with zero attached hydrogens (tertiary/aromatic N) is 1. The molecule has 4 unspecified atom stereocenters. The lowest BCUT2D eigenvalue weighted by Gasteiger charge is -2.32. The second-order valence-electron chi connectivity index (χ2n) is 15.9. The number of carbonyl (C=O) groups is 1. The van der Waals surface area contributed by atoms with Gasteiger partial charge in [-0.05, 0) is 25.7 Å².